The van der Waals surface area contributed by atoms with Gasteiger partial charge in [-0.2, -0.15) is 0 Å². The van der Waals surface area contributed by atoms with Crippen molar-refractivity contribution in [3.63, 3.8) is 0 Å². The van der Waals surface area contributed by atoms with Crippen LogP contribution < -0.4 is 21.8 Å². The minimum atomic E-state index is -1.07. The summed E-state index contributed by atoms with van der Waals surface area (Å²) in [4.78, 5) is 39.5. The van der Waals surface area contributed by atoms with Crippen molar-refractivity contribution in [3.8, 4) is 0 Å². The molecule has 1 aliphatic rings. The van der Waals surface area contributed by atoms with Crippen molar-refractivity contribution in [2.75, 3.05) is 19.8 Å². The number of nitrogens with one attached hydrogen (secondary N) is 3. The lowest BCUT2D eigenvalue weighted by Crippen LogP contribution is -2.58. The summed E-state index contributed by atoms with van der Waals surface area (Å²) in [7, 11) is 0. The van der Waals surface area contributed by atoms with E-state index in [4.69, 9.17) is 10.5 Å². The molecule has 0 unspecified atom stereocenters. The Hall–Kier alpha value is -3.41. The van der Waals surface area contributed by atoms with Crippen LogP contribution in [0.15, 0.2) is 54.8 Å². The maximum absolute atomic E-state index is 13.4. The molecule has 0 fully saturated rings. The summed E-state index contributed by atoms with van der Waals surface area (Å²) >= 11 is 0. The van der Waals surface area contributed by atoms with Crippen LogP contribution in [0.2, 0.25) is 0 Å². The Kier molecular flexibility index (Phi) is 12.4. The molecule has 3 amide bonds. The third-order valence-electron chi connectivity index (χ3n) is 5.88. The average Bonchev–Trinajstić information content (AvgIpc) is 2.85. The lowest BCUT2D eigenvalue weighted by atomic mass is 10.00. The summed E-state index contributed by atoms with van der Waals surface area (Å²) in [5.74, 6) is -1.08. The summed E-state index contributed by atoms with van der Waals surface area (Å²) in [5, 5.41) is 18.9. The molecule has 216 valence electrons. The van der Waals surface area contributed by atoms with Crippen molar-refractivity contribution in [2.24, 2.45) is 5.73 Å². The minimum absolute atomic E-state index is 0.0213. The fourth-order valence-corrected chi connectivity index (χ4v) is 3.88. The van der Waals surface area contributed by atoms with E-state index in [-0.39, 0.29) is 19.0 Å². The Balaban J connectivity index is 2.16. The largest absolute Gasteiger partial charge is 0.443 e. The van der Waals surface area contributed by atoms with Crippen LogP contribution in [0.1, 0.15) is 46.6 Å². The molecule has 1 heterocycles. The molecule has 11 heteroatoms. The van der Waals surface area contributed by atoms with Crippen molar-refractivity contribution < 1.29 is 24.2 Å². The van der Waals surface area contributed by atoms with Gasteiger partial charge in [0.2, 0.25) is 11.8 Å². The molecule has 6 N–H and O–H groups in total. The summed E-state index contributed by atoms with van der Waals surface area (Å²) < 4.78 is 5.36. The van der Waals surface area contributed by atoms with Crippen molar-refractivity contribution in [1.29, 1.82) is 0 Å². The predicted molar refractivity (Wildman–Crippen MR) is 150 cm³/mol. The summed E-state index contributed by atoms with van der Waals surface area (Å²) in [6.07, 6.45) is 6.08. The highest BCUT2D eigenvalue weighted by molar-refractivity contribution is 5.88. The van der Waals surface area contributed by atoms with Crippen LogP contribution in [-0.2, 0) is 20.7 Å². The number of aliphatic hydroxyl groups excluding tert-OH is 1. The molecule has 0 aromatic heterocycles. The molecule has 2 rings (SSSR count). The van der Waals surface area contributed by atoms with E-state index in [9.17, 15) is 19.5 Å². The molecule has 0 saturated heterocycles. The summed E-state index contributed by atoms with van der Waals surface area (Å²) in [5.41, 5.74) is 8.35. The average molecular weight is 545 g/mol. The second kappa shape index (κ2) is 15.2. The maximum Gasteiger partial charge on any atom is 0.422 e. The molecule has 0 spiro atoms. The Morgan fingerprint density at radius 1 is 1.15 bits per heavy atom. The quantitative estimate of drug-likeness (QED) is 0.221. The molecular formula is C28H44N6O5. The van der Waals surface area contributed by atoms with Gasteiger partial charge in [0.05, 0.1) is 31.3 Å². The SMILES string of the molecule is CC(C)N(C[C@H](O)[C@H](Cc1ccccc1)NC(=O)[C@H](CC(N)=O)NCN1C=CC=CC1)NC(=O)OC(C)(C)C. The molecular weight excluding hydrogens is 500 g/mol. The van der Waals surface area contributed by atoms with Gasteiger partial charge in [0.15, 0.2) is 0 Å². The van der Waals surface area contributed by atoms with Crippen molar-refractivity contribution in [3.05, 3.63) is 60.3 Å². The Bertz CT molecular complexity index is 992. The number of carbonyl (C=O) groups is 3. The number of primary amides is 1. The van der Waals surface area contributed by atoms with E-state index < -0.39 is 41.7 Å². The molecule has 1 aliphatic heterocycles. The predicted octanol–water partition coefficient (Wildman–Crippen LogP) is 1.40. The monoisotopic (exact) mass is 544 g/mol. The highest BCUT2D eigenvalue weighted by atomic mass is 16.6. The summed E-state index contributed by atoms with van der Waals surface area (Å²) in [6, 6.07) is 7.66. The lowest BCUT2D eigenvalue weighted by molar-refractivity contribution is -0.128. The van der Waals surface area contributed by atoms with Gasteiger partial charge in [-0.15, -0.1) is 0 Å². The molecule has 0 radical (unpaired) electrons. The number of allylic oxidation sites excluding steroid dienone is 2. The first-order valence-corrected chi connectivity index (χ1v) is 13.2. The second-order valence-corrected chi connectivity index (χ2v) is 10.9. The number of nitrogens with two attached hydrogens (primary N) is 1. The van der Waals surface area contributed by atoms with Crippen LogP contribution in [0.3, 0.4) is 0 Å². The zero-order valence-corrected chi connectivity index (χ0v) is 23.6. The third kappa shape index (κ3) is 12.3. The standard InChI is InChI=1S/C28H44N6O5/c1-20(2)34(32-27(38)39-28(3,4)5)18-24(35)22(16-21-12-8-6-9-13-21)31-26(37)23(17-25(29)36)30-19-33-14-10-7-11-15-33/h6-14,20,22-24,30,35H,15-19H2,1-5H3,(H2,29,36)(H,31,37)(H,32,38)/t22-,23-,24-/m0/s1. The molecule has 1 aromatic rings. The van der Waals surface area contributed by atoms with Crippen LogP contribution in [-0.4, -0.2) is 82.5 Å². The highest BCUT2D eigenvalue weighted by Gasteiger charge is 2.30. The molecule has 0 bridgehead atoms. The molecule has 39 heavy (non-hydrogen) atoms. The first-order valence-electron chi connectivity index (χ1n) is 13.2. The maximum atomic E-state index is 13.4. The van der Waals surface area contributed by atoms with E-state index in [1.54, 1.807) is 25.8 Å². The topological polar surface area (TPSA) is 149 Å². The van der Waals surface area contributed by atoms with Crippen LogP contribution in [0.4, 0.5) is 4.79 Å². The van der Waals surface area contributed by atoms with E-state index in [0.717, 1.165) is 5.56 Å². The van der Waals surface area contributed by atoms with Gasteiger partial charge < -0.3 is 25.8 Å². The van der Waals surface area contributed by atoms with Gasteiger partial charge >= 0.3 is 6.09 Å². The zero-order chi connectivity index (χ0) is 29.0. The number of hydrogen-bond donors (Lipinski definition) is 5. The molecule has 0 saturated carbocycles. The van der Waals surface area contributed by atoms with Gasteiger partial charge in [-0.05, 0) is 52.7 Å². The number of hydrazine groups is 1. The van der Waals surface area contributed by atoms with Gasteiger partial charge in [-0.3, -0.25) is 20.3 Å². The summed E-state index contributed by atoms with van der Waals surface area (Å²) in [6.45, 7) is 10.0. The normalized spacial score (nSPS) is 15.6. The van der Waals surface area contributed by atoms with E-state index in [2.05, 4.69) is 16.1 Å². The van der Waals surface area contributed by atoms with Crippen LogP contribution in [0.25, 0.3) is 0 Å². The van der Waals surface area contributed by atoms with Gasteiger partial charge in [-0.1, -0.05) is 42.5 Å². The van der Waals surface area contributed by atoms with E-state index in [1.807, 2.05) is 73.5 Å². The number of rotatable bonds is 14. The molecule has 11 nitrogen and oxygen atoms in total. The number of ether oxygens (including phenoxy) is 1. The minimum Gasteiger partial charge on any atom is -0.443 e. The van der Waals surface area contributed by atoms with Gasteiger partial charge in [-0.25, -0.2) is 9.80 Å². The smallest absolute Gasteiger partial charge is 0.422 e. The molecule has 1 aromatic carbocycles. The number of benzene rings is 1. The van der Waals surface area contributed by atoms with Crippen molar-refractivity contribution >= 4 is 17.9 Å². The number of nitrogens with zero attached hydrogens (tertiary/aromatic N) is 2. The fraction of sp³-hybridized carbons (Fsp3) is 0.536. The van der Waals surface area contributed by atoms with Gasteiger partial charge in [0.25, 0.3) is 0 Å². The van der Waals surface area contributed by atoms with E-state index in [1.165, 1.54) is 0 Å². The highest BCUT2D eigenvalue weighted by Crippen LogP contribution is 2.11. The number of hydrogen-bond acceptors (Lipinski definition) is 8. The van der Waals surface area contributed by atoms with Gasteiger partial charge in [0.1, 0.15) is 5.60 Å². The fourth-order valence-electron chi connectivity index (χ4n) is 3.88. The number of carbonyl (C=O) groups excluding carboxylic acids is 3. The van der Waals surface area contributed by atoms with Gasteiger partial charge in [0, 0.05) is 25.3 Å². The van der Waals surface area contributed by atoms with E-state index >= 15 is 0 Å². The van der Waals surface area contributed by atoms with Crippen molar-refractivity contribution in [2.45, 2.75) is 77.3 Å². The van der Waals surface area contributed by atoms with Crippen LogP contribution in [0.5, 0.6) is 0 Å². The van der Waals surface area contributed by atoms with Crippen LogP contribution in [0, 0.1) is 0 Å². The van der Waals surface area contributed by atoms with Crippen molar-refractivity contribution in [1.82, 2.24) is 26.0 Å². The first-order chi connectivity index (χ1) is 18.3. The Morgan fingerprint density at radius 3 is 2.41 bits per heavy atom. The molecule has 0 aliphatic carbocycles. The third-order valence-corrected chi connectivity index (χ3v) is 5.88. The zero-order valence-electron chi connectivity index (χ0n) is 23.6. The van der Waals surface area contributed by atoms with Crippen LogP contribution >= 0.6 is 0 Å². The Labute approximate surface area is 231 Å². The number of aliphatic hydroxyl groups is 1. The molecule has 3 atom stereocenters. The Morgan fingerprint density at radius 2 is 1.85 bits per heavy atom. The van der Waals surface area contributed by atoms with E-state index in [0.29, 0.717) is 19.6 Å². The number of amides is 3. The lowest BCUT2D eigenvalue weighted by Gasteiger charge is -2.34. The first kappa shape index (κ1) is 31.8. The second-order valence-electron chi connectivity index (χ2n) is 10.9.